The van der Waals surface area contributed by atoms with Crippen LogP contribution >= 0.6 is 0 Å². The molecule has 29 heavy (non-hydrogen) atoms. The maximum absolute atomic E-state index is 12.4. The molecule has 8 nitrogen and oxygen atoms in total. The van der Waals surface area contributed by atoms with Gasteiger partial charge in [-0.3, -0.25) is 4.90 Å². The molecule has 1 atom stereocenters. The van der Waals surface area contributed by atoms with Crippen molar-refractivity contribution in [2.75, 3.05) is 38.6 Å². The number of hydrogen-bond donors (Lipinski definition) is 0. The number of morpholine rings is 1. The van der Waals surface area contributed by atoms with Gasteiger partial charge in [0.1, 0.15) is 18.5 Å². The first-order valence-electron chi connectivity index (χ1n) is 9.53. The van der Waals surface area contributed by atoms with Crippen molar-refractivity contribution in [2.24, 2.45) is 4.40 Å². The lowest BCUT2D eigenvalue weighted by atomic mass is 10.2. The molecule has 0 aliphatic carbocycles. The largest absolute Gasteiger partial charge is 0.459 e. The number of fused-ring (bicyclic) bond motifs is 1. The van der Waals surface area contributed by atoms with E-state index in [-0.39, 0.29) is 25.0 Å². The van der Waals surface area contributed by atoms with E-state index >= 15 is 0 Å². The second kappa shape index (κ2) is 8.48. The summed E-state index contributed by atoms with van der Waals surface area (Å²) in [6.45, 7) is 3.40. The quantitative estimate of drug-likeness (QED) is 0.659. The number of sulfonamides is 1. The van der Waals surface area contributed by atoms with Crippen LogP contribution < -0.4 is 0 Å². The third-order valence-electron chi connectivity index (χ3n) is 4.93. The first-order valence-corrected chi connectivity index (χ1v) is 11.1. The van der Waals surface area contributed by atoms with Gasteiger partial charge in [-0.25, -0.2) is 13.2 Å². The van der Waals surface area contributed by atoms with Gasteiger partial charge >= 0.3 is 5.97 Å². The van der Waals surface area contributed by atoms with Crippen molar-refractivity contribution in [3.8, 4) is 0 Å². The number of ether oxygens (including phenoxy) is 2. The Kier molecular flexibility index (Phi) is 5.79. The van der Waals surface area contributed by atoms with Crippen LogP contribution in [0.1, 0.15) is 5.56 Å². The fourth-order valence-electron chi connectivity index (χ4n) is 3.44. The lowest BCUT2D eigenvalue weighted by Crippen LogP contribution is -2.44. The minimum absolute atomic E-state index is 0.0731. The molecule has 1 saturated heterocycles. The van der Waals surface area contributed by atoms with Crippen molar-refractivity contribution in [3.63, 3.8) is 0 Å². The molecule has 0 amide bonds. The molecule has 0 radical (unpaired) electrons. The van der Waals surface area contributed by atoms with Crippen LogP contribution in [0.15, 0.2) is 58.7 Å². The number of carbonyl (C=O) groups is 1. The number of nitrogens with zero attached hydrogens (tertiary/aromatic N) is 3. The fraction of sp³-hybridized carbons (Fsp3) is 0.400. The summed E-state index contributed by atoms with van der Waals surface area (Å²) in [5, 5.41) is 0. The Morgan fingerprint density at radius 3 is 2.86 bits per heavy atom. The van der Waals surface area contributed by atoms with Crippen molar-refractivity contribution < 1.29 is 22.7 Å². The van der Waals surface area contributed by atoms with Crippen LogP contribution in [-0.2, 0) is 30.8 Å². The van der Waals surface area contributed by atoms with E-state index in [4.69, 9.17) is 9.47 Å². The van der Waals surface area contributed by atoms with Gasteiger partial charge in [0.2, 0.25) is 0 Å². The van der Waals surface area contributed by atoms with Gasteiger partial charge in [0.15, 0.2) is 0 Å². The van der Waals surface area contributed by atoms with Crippen molar-refractivity contribution in [3.05, 3.63) is 59.8 Å². The second-order valence-electron chi connectivity index (χ2n) is 7.16. The Morgan fingerprint density at radius 1 is 1.21 bits per heavy atom. The molecule has 1 aromatic carbocycles. The molecule has 0 N–H and O–H groups in total. The van der Waals surface area contributed by atoms with E-state index in [1.807, 2.05) is 18.2 Å². The summed E-state index contributed by atoms with van der Waals surface area (Å²) in [5.41, 5.74) is 1.60. The lowest BCUT2D eigenvalue weighted by molar-refractivity contribution is -0.145. The van der Waals surface area contributed by atoms with Crippen molar-refractivity contribution in [1.29, 1.82) is 0 Å². The van der Waals surface area contributed by atoms with Crippen LogP contribution in [0.5, 0.6) is 0 Å². The number of benzene rings is 1. The molecule has 1 unspecified atom stereocenters. The first-order chi connectivity index (χ1) is 14.0. The van der Waals surface area contributed by atoms with E-state index in [1.165, 1.54) is 17.7 Å². The lowest BCUT2D eigenvalue weighted by Gasteiger charge is -2.32. The predicted molar refractivity (Wildman–Crippen MR) is 108 cm³/mol. The molecular weight excluding hydrogens is 394 g/mol. The molecule has 4 rings (SSSR count). The molecule has 3 aliphatic heterocycles. The highest BCUT2D eigenvalue weighted by atomic mass is 32.2. The summed E-state index contributed by atoms with van der Waals surface area (Å²) in [4.78, 5) is 16.4. The number of esters is 1. The number of amidine groups is 1. The molecule has 154 valence electrons. The van der Waals surface area contributed by atoms with Gasteiger partial charge in [-0.15, -0.1) is 4.40 Å². The third-order valence-corrected chi connectivity index (χ3v) is 6.10. The fourth-order valence-corrected chi connectivity index (χ4v) is 4.41. The summed E-state index contributed by atoms with van der Waals surface area (Å²) < 4.78 is 38.0. The molecular formula is C20H23N3O5S. The number of rotatable bonds is 5. The van der Waals surface area contributed by atoms with Gasteiger partial charge < -0.3 is 14.4 Å². The van der Waals surface area contributed by atoms with Gasteiger partial charge in [-0.05, 0) is 17.7 Å². The monoisotopic (exact) mass is 417 g/mol. The summed E-state index contributed by atoms with van der Waals surface area (Å²) in [7, 11) is -3.42. The molecule has 1 aromatic rings. The average molecular weight is 417 g/mol. The Balaban J connectivity index is 1.30. The molecule has 3 aliphatic rings. The van der Waals surface area contributed by atoms with E-state index in [0.717, 1.165) is 13.1 Å². The first kappa shape index (κ1) is 19.8. The Labute approximate surface area is 170 Å². The molecule has 0 bridgehead atoms. The minimum Gasteiger partial charge on any atom is -0.459 e. The number of hydrogen-bond acceptors (Lipinski definition) is 7. The normalized spacial score (nSPS) is 23.7. The van der Waals surface area contributed by atoms with Crippen molar-refractivity contribution in [2.45, 2.75) is 12.6 Å². The van der Waals surface area contributed by atoms with Crippen molar-refractivity contribution in [1.82, 2.24) is 9.80 Å². The molecule has 1 fully saturated rings. The average Bonchev–Trinajstić information content (AvgIpc) is 2.72. The van der Waals surface area contributed by atoms with Gasteiger partial charge in [-0.1, -0.05) is 30.3 Å². The van der Waals surface area contributed by atoms with E-state index in [9.17, 15) is 13.2 Å². The molecule has 0 saturated carbocycles. The van der Waals surface area contributed by atoms with Gasteiger partial charge in [0, 0.05) is 32.4 Å². The number of carbonyl (C=O) groups excluding carboxylic acids is 1. The van der Waals surface area contributed by atoms with Crippen LogP contribution in [-0.4, -0.2) is 74.7 Å². The van der Waals surface area contributed by atoms with Gasteiger partial charge in [0.05, 0.1) is 17.9 Å². The zero-order chi connectivity index (χ0) is 20.3. The highest BCUT2D eigenvalue weighted by Gasteiger charge is 2.26. The van der Waals surface area contributed by atoms with Crippen LogP contribution in [0.25, 0.3) is 0 Å². The summed E-state index contributed by atoms with van der Waals surface area (Å²) in [6.07, 6.45) is 4.45. The van der Waals surface area contributed by atoms with Crippen molar-refractivity contribution >= 4 is 21.8 Å². The minimum atomic E-state index is -3.42. The Hall–Kier alpha value is -2.49. The Morgan fingerprint density at radius 2 is 2.03 bits per heavy atom. The molecule has 0 spiro atoms. The molecule has 9 heteroatoms. The highest BCUT2D eigenvalue weighted by Crippen LogP contribution is 2.17. The second-order valence-corrected chi connectivity index (χ2v) is 8.91. The van der Waals surface area contributed by atoms with E-state index in [0.29, 0.717) is 24.6 Å². The van der Waals surface area contributed by atoms with Crippen LogP contribution in [0.2, 0.25) is 0 Å². The summed E-state index contributed by atoms with van der Waals surface area (Å²) >= 11 is 0. The van der Waals surface area contributed by atoms with E-state index in [1.54, 1.807) is 11.1 Å². The van der Waals surface area contributed by atoms with E-state index < -0.39 is 16.0 Å². The van der Waals surface area contributed by atoms with Crippen LogP contribution in [0.4, 0.5) is 0 Å². The zero-order valence-corrected chi connectivity index (χ0v) is 16.8. The predicted octanol–water partition coefficient (Wildman–Crippen LogP) is 0.928. The van der Waals surface area contributed by atoms with Gasteiger partial charge in [0.25, 0.3) is 10.0 Å². The maximum atomic E-state index is 12.4. The third kappa shape index (κ3) is 5.11. The zero-order valence-electron chi connectivity index (χ0n) is 15.9. The maximum Gasteiger partial charge on any atom is 0.339 e. The van der Waals surface area contributed by atoms with Gasteiger partial charge in [-0.2, -0.15) is 0 Å². The highest BCUT2D eigenvalue weighted by molar-refractivity contribution is 7.90. The van der Waals surface area contributed by atoms with Crippen LogP contribution in [0.3, 0.4) is 0 Å². The Bertz CT molecular complexity index is 956. The standard InChI is InChI=1S/C20H23N3O5S/c24-20(17-6-7-19-21-29(25,26)11-9-23(19)13-17)28-15-18-14-22(8-10-27-18)12-16-4-2-1-3-5-16/h1-7,13,18H,8-12,14-15H2. The SMILES string of the molecule is O=C(OCC1CN(Cc2ccccc2)CCO1)C1=CN2CCS(=O)(=O)N=C2C=C1. The summed E-state index contributed by atoms with van der Waals surface area (Å²) in [5.74, 6) is -0.214. The molecule has 0 aromatic heterocycles. The summed E-state index contributed by atoms with van der Waals surface area (Å²) in [6, 6.07) is 10.2. The van der Waals surface area contributed by atoms with Crippen LogP contribution in [0, 0.1) is 0 Å². The molecule has 3 heterocycles. The topological polar surface area (TPSA) is 88.5 Å². The smallest absolute Gasteiger partial charge is 0.339 e. The van der Waals surface area contributed by atoms with E-state index in [2.05, 4.69) is 21.4 Å².